The molecule has 2 aromatic rings. The number of hydrogen-bond donors (Lipinski definition) is 2. The second-order valence-corrected chi connectivity index (χ2v) is 4.34. The quantitative estimate of drug-likeness (QED) is 0.714. The van der Waals surface area contributed by atoms with E-state index in [2.05, 4.69) is 0 Å². The van der Waals surface area contributed by atoms with Crippen LogP contribution in [0.25, 0.3) is 10.1 Å². The molecule has 4 heteroatoms. The van der Waals surface area contributed by atoms with Gasteiger partial charge in [0.25, 0.3) is 0 Å². The van der Waals surface area contributed by atoms with Crippen LogP contribution in [0.5, 0.6) is 11.5 Å². The Morgan fingerprint density at radius 3 is 2.69 bits per heavy atom. The van der Waals surface area contributed by atoms with Crippen molar-refractivity contribution in [2.24, 2.45) is 0 Å². The molecule has 68 valence electrons. The van der Waals surface area contributed by atoms with Crippen LogP contribution in [-0.4, -0.2) is 16.5 Å². The maximum absolute atomic E-state index is 9.50. The van der Waals surface area contributed by atoms with Gasteiger partial charge in [-0.25, -0.2) is 0 Å². The lowest BCUT2D eigenvalue weighted by Gasteiger charge is -2.00. The van der Waals surface area contributed by atoms with Crippen molar-refractivity contribution < 1.29 is 10.2 Å². The van der Waals surface area contributed by atoms with E-state index in [0.29, 0.717) is 5.39 Å². The number of aromatic hydroxyl groups is 2. The van der Waals surface area contributed by atoms with Gasteiger partial charge in [-0.15, -0.1) is 23.1 Å². The zero-order valence-corrected chi connectivity index (χ0v) is 8.58. The minimum Gasteiger partial charge on any atom is -0.507 e. The van der Waals surface area contributed by atoms with Crippen LogP contribution in [0.1, 0.15) is 0 Å². The van der Waals surface area contributed by atoms with Crippen LogP contribution >= 0.6 is 23.1 Å². The Balaban J connectivity index is 2.87. The Kier molecular flexibility index (Phi) is 2.09. The molecule has 0 bridgehead atoms. The van der Waals surface area contributed by atoms with E-state index in [1.807, 2.05) is 12.3 Å². The van der Waals surface area contributed by atoms with E-state index in [1.165, 1.54) is 11.3 Å². The predicted octanol–water partition coefficient (Wildman–Crippen LogP) is 3.03. The molecule has 0 aliphatic rings. The summed E-state index contributed by atoms with van der Waals surface area (Å²) in [6, 6.07) is 3.47. The summed E-state index contributed by atoms with van der Waals surface area (Å²) in [5.41, 5.74) is 0. The summed E-state index contributed by atoms with van der Waals surface area (Å²) in [5.74, 6) is 0.306. The maximum atomic E-state index is 9.50. The highest BCUT2D eigenvalue weighted by Gasteiger charge is 2.10. The molecule has 0 spiro atoms. The number of thioether (sulfide) groups is 1. The van der Waals surface area contributed by atoms with Crippen LogP contribution in [0, 0.1) is 0 Å². The lowest BCUT2D eigenvalue weighted by Crippen LogP contribution is -1.72. The number of benzene rings is 1. The molecule has 2 N–H and O–H groups in total. The molecule has 0 aliphatic heterocycles. The largest absolute Gasteiger partial charge is 0.507 e. The second-order valence-electron chi connectivity index (χ2n) is 2.61. The summed E-state index contributed by atoms with van der Waals surface area (Å²) < 4.78 is 0.949. The van der Waals surface area contributed by atoms with E-state index in [-0.39, 0.29) is 11.5 Å². The van der Waals surface area contributed by atoms with Gasteiger partial charge in [0.15, 0.2) is 0 Å². The Morgan fingerprint density at radius 2 is 2.00 bits per heavy atom. The fourth-order valence-corrected chi connectivity index (χ4v) is 3.00. The van der Waals surface area contributed by atoms with Crippen LogP contribution < -0.4 is 0 Å². The van der Waals surface area contributed by atoms with Crippen molar-refractivity contribution >= 4 is 33.2 Å². The highest BCUT2D eigenvalue weighted by Crippen LogP contribution is 2.42. The summed E-state index contributed by atoms with van der Waals surface area (Å²) in [4.78, 5) is 1.08. The monoisotopic (exact) mass is 212 g/mol. The third-order valence-corrected chi connectivity index (χ3v) is 3.77. The number of fused-ring (bicyclic) bond motifs is 1. The van der Waals surface area contributed by atoms with Gasteiger partial charge in [0.2, 0.25) is 0 Å². The first-order valence-electron chi connectivity index (χ1n) is 3.70. The van der Waals surface area contributed by atoms with Crippen molar-refractivity contribution in [2.45, 2.75) is 4.90 Å². The first kappa shape index (κ1) is 8.72. The van der Waals surface area contributed by atoms with Crippen LogP contribution in [-0.2, 0) is 0 Å². The Bertz CT molecular complexity index is 448. The highest BCUT2D eigenvalue weighted by molar-refractivity contribution is 7.99. The molecule has 13 heavy (non-hydrogen) atoms. The summed E-state index contributed by atoms with van der Waals surface area (Å²) >= 11 is 3.06. The fourth-order valence-electron chi connectivity index (χ4n) is 1.25. The number of hydrogen-bond acceptors (Lipinski definition) is 4. The third-order valence-electron chi connectivity index (χ3n) is 1.86. The van der Waals surface area contributed by atoms with Crippen LogP contribution in [0.2, 0.25) is 0 Å². The van der Waals surface area contributed by atoms with E-state index < -0.39 is 0 Å². The Hall–Kier alpha value is -0.870. The molecule has 2 rings (SSSR count). The number of thiophene rings is 1. The van der Waals surface area contributed by atoms with E-state index in [9.17, 15) is 10.2 Å². The van der Waals surface area contributed by atoms with Gasteiger partial charge in [-0.05, 0) is 18.4 Å². The molecule has 0 unspecified atom stereocenters. The normalized spacial score (nSPS) is 10.8. The molecule has 0 fully saturated rings. The van der Waals surface area contributed by atoms with Gasteiger partial charge in [0.1, 0.15) is 11.5 Å². The van der Waals surface area contributed by atoms with Crippen LogP contribution in [0.3, 0.4) is 0 Å². The molecular formula is C9H8O2S2. The van der Waals surface area contributed by atoms with Crippen molar-refractivity contribution in [1.82, 2.24) is 0 Å². The average molecular weight is 212 g/mol. The third kappa shape index (κ3) is 1.26. The zero-order chi connectivity index (χ0) is 9.42. The SMILES string of the molecule is CSc1ccc(O)c2c(O)csc12. The molecule has 0 atom stereocenters. The number of phenolic OH excluding ortho intramolecular Hbond substituents is 1. The van der Waals surface area contributed by atoms with Crippen molar-refractivity contribution in [3.05, 3.63) is 17.5 Å². The topological polar surface area (TPSA) is 40.5 Å². The van der Waals surface area contributed by atoms with Crippen molar-refractivity contribution in [3.8, 4) is 11.5 Å². The summed E-state index contributed by atoms with van der Waals surface area (Å²) in [6.45, 7) is 0. The first-order valence-corrected chi connectivity index (χ1v) is 5.80. The van der Waals surface area contributed by atoms with Gasteiger partial charge in [-0.2, -0.15) is 0 Å². The van der Waals surface area contributed by atoms with Gasteiger partial charge in [0, 0.05) is 10.3 Å². The average Bonchev–Trinajstić information content (AvgIpc) is 2.50. The molecule has 0 aliphatic carbocycles. The number of phenols is 1. The fraction of sp³-hybridized carbons (Fsp3) is 0.111. The highest BCUT2D eigenvalue weighted by atomic mass is 32.2. The maximum Gasteiger partial charge on any atom is 0.137 e. The number of rotatable bonds is 1. The van der Waals surface area contributed by atoms with Crippen LogP contribution in [0.15, 0.2) is 22.4 Å². The molecule has 0 radical (unpaired) electrons. The van der Waals surface area contributed by atoms with Crippen molar-refractivity contribution in [3.63, 3.8) is 0 Å². The van der Waals surface area contributed by atoms with Gasteiger partial charge in [-0.3, -0.25) is 0 Å². The van der Waals surface area contributed by atoms with E-state index in [0.717, 1.165) is 9.60 Å². The van der Waals surface area contributed by atoms with Gasteiger partial charge in [0.05, 0.1) is 10.1 Å². The van der Waals surface area contributed by atoms with Gasteiger partial charge in [-0.1, -0.05) is 0 Å². The minimum absolute atomic E-state index is 0.145. The molecule has 1 aromatic carbocycles. The molecule has 0 saturated heterocycles. The second kappa shape index (κ2) is 3.12. The Labute approximate surface area is 83.8 Å². The molecule has 0 amide bonds. The first-order chi connectivity index (χ1) is 6.24. The van der Waals surface area contributed by atoms with E-state index >= 15 is 0 Å². The molecule has 0 saturated carbocycles. The standard InChI is InChI=1S/C9H8O2S2/c1-12-7-3-2-5(10)8-6(11)4-13-9(7)8/h2-4,10-11H,1H3. The predicted molar refractivity (Wildman–Crippen MR) is 56.9 cm³/mol. The molecule has 1 heterocycles. The van der Waals surface area contributed by atoms with E-state index in [1.54, 1.807) is 23.2 Å². The van der Waals surface area contributed by atoms with Crippen molar-refractivity contribution in [1.29, 1.82) is 0 Å². The molecule has 2 nitrogen and oxygen atoms in total. The summed E-state index contributed by atoms with van der Waals surface area (Å²) in [6.07, 6.45) is 1.97. The summed E-state index contributed by atoms with van der Waals surface area (Å²) in [5, 5.41) is 21.2. The lowest BCUT2D eigenvalue weighted by molar-refractivity contribution is 0.465. The van der Waals surface area contributed by atoms with E-state index in [4.69, 9.17) is 0 Å². The lowest BCUT2D eigenvalue weighted by atomic mass is 10.2. The van der Waals surface area contributed by atoms with Gasteiger partial charge >= 0.3 is 0 Å². The van der Waals surface area contributed by atoms with Crippen LogP contribution in [0.4, 0.5) is 0 Å². The molecule has 1 aromatic heterocycles. The zero-order valence-electron chi connectivity index (χ0n) is 6.94. The Morgan fingerprint density at radius 1 is 1.23 bits per heavy atom. The smallest absolute Gasteiger partial charge is 0.137 e. The van der Waals surface area contributed by atoms with Crippen molar-refractivity contribution in [2.75, 3.05) is 6.26 Å². The minimum atomic E-state index is 0.145. The summed E-state index contributed by atoms with van der Waals surface area (Å²) in [7, 11) is 0. The van der Waals surface area contributed by atoms with Gasteiger partial charge < -0.3 is 10.2 Å². The molecular weight excluding hydrogens is 204 g/mol.